The fourth-order valence-electron chi connectivity index (χ4n) is 1.65. The van der Waals surface area contributed by atoms with Crippen molar-refractivity contribution in [2.24, 2.45) is 5.92 Å². The van der Waals surface area contributed by atoms with Crippen LogP contribution in [-0.2, 0) is 0 Å². The summed E-state index contributed by atoms with van der Waals surface area (Å²) in [5.41, 5.74) is 0.992. The topological polar surface area (TPSA) is 12.0 Å². The lowest BCUT2D eigenvalue weighted by Crippen LogP contribution is -2.18. The molecule has 0 spiro atoms. The Morgan fingerprint density at radius 3 is 2.60 bits per heavy atom. The summed E-state index contributed by atoms with van der Waals surface area (Å²) in [6.07, 6.45) is 0.999. The van der Waals surface area contributed by atoms with Crippen molar-refractivity contribution in [2.45, 2.75) is 26.3 Å². The summed E-state index contributed by atoms with van der Waals surface area (Å²) < 4.78 is 14.1. The molecule has 0 heterocycles. The van der Waals surface area contributed by atoms with E-state index in [0.717, 1.165) is 16.5 Å². The van der Waals surface area contributed by atoms with Crippen molar-refractivity contribution in [3.05, 3.63) is 34.1 Å². The van der Waals surface area contributed by atoms with Crippen LogP contribution in [0.2, 0.25) is 0 Å². The smallest absolute Gasteiger partial charge is 0.123 e. The molecule has 1 unspecified atom stereocenters. The summed E-state index contributed by atoms with van der Waals surface area (Å²) in [4.78, 5) is 0. The third-order valence-electron chi connectivity index (χ3n) is 2.39. The quantitative estimate of drug-likeness (QED) is 0.878. The van der Waals surface area contributed by atoms with Crippen molar-refractivity contribution in [1.29, 1.82) is 0 Å². The first-order chi connectivity index (χ1) is 7.04. The highest BCUT2D eigenvalue weighted by molar-refractivity contribution is 9.10. The lowest BCUT2D eigenvalue weighted by atomic mass is 9.97. The van der Waals surface area contributed by atoms with Gasteiger partial charge >= 0.3 is 0 Å². The first-order valence-electron chi connectivity index (χ1n) is 5.16. The second kappa shape index (κ2) is 5.61. The van der Waals surface area contributed by atoms with Gasteiger partial charge in [0.05, 0.1) is 0 Å². The fourth-order valence-corrected chi connectivity index (χ4v) is 2.18. The molecule has 0 amide bonds. The van der Waals surface area contributed by atoms with Crippen LogP contribution in [0.1, 0.15) is 31.9 Å². The van der Waals surface area contributed by atoms with E-state index >= 15 is 0 Å². The summed E-state index contributed by atoms with van der Waals surface area (Å²) in [5.74, 6) is 0.398. The Morgan fingerprint density at radius 2 is 2.07 bits per heavy atom. The second-order valence-corrected chi connectivity index (χ2v) is 4.99. The van der Waals surface area contributed by atoms with Gasteiger partial charge < -0.3 is 5.32 Å². The Morgan fingerprint density at radius 1 is 1.40 bits per heavy atom. The molecule has 84 valence electrons. The van der Waals surface area contributed by atoms with Gasteiger partial charge in [-0.05, 0) is 43.1 Å². The van der Waals surface area contributed by atoms with Crippen LogP contribution >= 0.6 is 15.9 Å². The van der Waals surface area contributed by atoms with E-state index in [-0.39, 0.29) is 11.9 Å². The predicted molar refractivity (Wildman–Crippen MR) is 65.4 cm³/mol. The first kappa shape index (κ1) is 12.7. The van der Waals surface area contributed by atoms with E-state index in [1.165, 1.54) is 6.07 Å². The second-order valence-electron chi connectivity index (χ2n) is 4.14. The maximum atomic E-state index is 13.1. The monoisotopic (exact) mass is 273 g/mol. The standard InChI is InChI=1S/C12H17BrFN/c1-8(2)6-12(15-3)10-7-9(14)4-5-11(10)13/h4-5,7-8,12,15H,6H2,1-3H3. The van der Waals surface area contributed by atoms with Gasteiger partial charge in [-0.2, -0.15) is 0 Å². The molecule has 0 saturated carbocycles. The Labute approximate surface area is 99.2 Å². The Bertz CT molecular complexity index is 325. The third-order valence-corrected chi connectivity index (χ3v) is 3.11. The minimum atomic E-state index is -0.183. The van der Waals surface area contributed by atoms with E-state index in [1.807, 2.05) is 7.05 Å². The lowest BCUT2D eigenvalue weighted by molar-refractivity contribution is 0.453. The molecule has 0 fully saturated rings. The summed E-state index contributed by atoms with van der Waals surface area (Å²) in [6, 6.07) is 5.02. The minimum Gasteiger partial charge on any atom is -0.313 e. The molecule has 1 nitrogen and oxygen atoms in total. The summed E-state index contributed by atoms with van der Waals surface area (Å²) in [6.45, 7) is 4.33. The summed E-state index contributed by atoms with van der Waals surface area (Å²) >= 11 is 3.46. The molecule has 0 bridgehead atoms. The zero-order valence-electron chi connectivity index (χ0n) is 9.35. The first-order valence-corrected chi connectivity index (χ1v) is 5.96. The largest absolute Gasteiger partial charge is 0.313 e. The van der Waals surface area contributed by atoms with Crippen LogP contribution in [0.25, 0.3) is 0 Å². The van der Waals surface area contributed by atoms with Crippen LogP contribution in [0.15, 0.2) is 22.7 Å². The maximum absolute atomic E-state index is 13.1. The fraction of sp³-hybridized carbons (Fsp3) is 0.500. The number of benzene rings is 1. The van der Waals surface area contributed by atoms with Crippen molar-refractivity contribution in [3.63, 3.8) is 0 Å². The number of rotatable bonds is 4. The Balaban J connectivity index is 2.95. The van der Waals surface area contributed by atoms with Crippen LogP contribution in [0.3, 0.4) is 0 Å². The van der Waals surface area contributed by atoms with E-state index < -0.39 is 0 Å². The predicted octanol–water partition coefficient (Wildman–Crippen LogP) is 3.89. The molecule has 0 aliphatic heterocycles. The third kappa shape index (κ3) is 3.58. The van der Waals surface area contributed by atoms with Gasteiger partial charge in [0.15, 0.2) is 0 Å². The zero-order valence-corrected chi connectivity index (χ0v) is 10.9. The van der Waals surface area contributed by atoms with Crippen LogP contribution in [0.4, 0.5) is 4.39 Å². The van der Waals surface area contributed by atoms with Crippen LogP contribution in [-0.4, -0.2) is 7.05 Å². The molecule has 0 saturated heterocycles. The van der Waals surface area contributed by atoms with Gasteiger partial charge in [-0.1, -0.05) is 29.8 Å². The van der Waals surface area contributed by atoms with E-state index in [1.54, 1.807) is 12.1 Å². The molecular formula is C12H17BrFN. The van der Waals surface area contributed by atoms with E-state index in [4.69, 9.17) is 0 Å². The highest BCUT2D eigenvalue weighted by Gasteiger charge is 2.14. The molecular weight excluding hydrogens is 257 g/mol. The van der Waals surface area contributed by atoms with Crippen LogP contribution < -0.4 is 5.32 Å². The average molecular weight is 274 g/mol. The molecule has 3 heteroatoms. The summed E-state index contributed by atoms with van der Waals surface area (Å²) in [5, 5.41) is 3.22. The van der Waals surface area contributed by atoms with Gasteiger partial charge in [-0.25, -0.2) is 4.39 Å². The van der Waals surface area contributed by atoms with Crippen molar-refractivity contribution < 1.29 is 4.39 Å². The molecule has 0 aliphatic rings. The van der Waals surface area contributed by atoms with Crippen molar-refractivity contribution >= 4 is 15.9 Å². The molecule has 1 N–H and O–H groups in total. The van der Waals surface area contributed by atoms with E-state index in [0.29, 0.717) is 5.92 Å². The van der Waals surface area contributed by atoms with Gasteiger partial charge in [0.25, 0.3) is 0 Å². The Hall–Kier alpha value is -0.410. The molecule has 1 aromatic rings. The molecule has 0 aliphatic carbocycles. The van der Waals surface area contributed by atoms with E-state index in [9.17, 15) is 4.39 Å². The van der Waals surface area contributed by atoms with Crippen molar-refractivity contribution in [1.82, 2.24) is 5.32 Å². The lowest BCUT2D eigenvalue weighted by Gasteiger charge is -2.20. The molecule has 1 atom stereocenters. The van der Waals surface area contributed by atoms with Gasteiger partial charge in [0.1, 0.15) is 5.82 Å². The Kier molecular flexibility index (Phi) is 4.74. The van der Waals surface area contributed by atoms with Crippen LogP contribution in [0, 0.1) is 11.7 Å². The number of halogens is 2. The van der Waals surface area contributed by atoms with E-state index in [2.05, 4.69) is 35.1 Å². The van der Waals surface area contributed by atoms with Gasteiger partial charge in [-0.3, -0.25) is 0 Å². The van der Waals surface area contributed by atoms with Gasteiger partial charge in [0, 0.05) is 10.5 Å². The van der Waals surface area contributed by atoms with Crippen LogP contribution in [0.5, 0.6) is 0 Å². The maximum Gasteiger partial charge on any atom is 0.123 e. The average Bonchev–Trinajstić information content (AvgIpc) is 2.18. The normalized spacial score (nSPS) is 13.2. The highest BCUT2D eigenvalue weighted by atomic mass is 79.9. The molecule has 0 radical (unpaired) electrons. The SMILES string of the molecule is CNC(CC(C)C)c1cc(F)ccc1Br. The van der Waals surface area contributed by atoms with Crippen molar-refractivity contribution in [3.8, 4) is 0 Å². The highest BCUT2D eigenvalue weighted by Crippen LogP contribution is 2.28. The molecule has 0 aromatic heterocycles. The number of nitrogens with one attached hydrogen (secondary N) is 1. The molecule has 15 heavy (non-hydrogen) atoms. The number of hydrogen-bond donors (Lipinski definition) is 1. The zero-order chi connectivity index (χ0) is 11.4. The van der Waals surface area contributed by atoms with Crippen molar-refractivity contribution in [2.75, 3.05) is 7.05 Å². The van der Waals surface area contributed by atoms with Gasteiger partial charge in [-0.15, -0.1) is 0 Å². The molecule has 1 rings (SSSR count). The minimum absolute atomic E-state index is 0.183. The summed E-state index contributed by atoms with van der Waals surface area (Å²) in [7, 11) is 1.91. The number of hydrogen-bond acceptors (Lipinski definition) is 1. The molecule has 1 aromatic carbocycles. The van der Waals surface area contributed by atoms with Gasteiger partial charge in [0.2, 0.25) is 0 Å².